The number of hydrogen-bond acceptors (Lipinski definition) is 3. The van der Waals surface area contributed by atoms with Gasteiger partial charge in [0, 0.05) is 12.0 Å². The van der Waals surface area contributed by atoms with Gasteiger partial charge in [-0.1, -0.05) is 12.2 Å². The summed E-state index contributed by atoms with van der Waals surface area (Å²) in [5.74, 6) is 0.217. The van der Waals surface area contributed by atoms with Crippen molar-refractivity contribution in [2.24, 2.45) is 0 Å². The lowest BCUT2D eigenvalue weighted by molar-refractivity contribution is -0.121. The van der Waals surface area contributed by atoms with Gasteiger partial charge in [0.25, 0.3) is 0 Å². The second-order valence-corrected chi connectivity index (χ2v) is 4.34. The molecule has 0 amide bonds. The van der Waals surface area contributed by atoms with Gasteiger partial charge in [-0.2, -0.15) is 0 Å². The fraction of sp³-hybridized carbons (Fsp3) is 0.545. The van der Waals surface area contributed by atoms with E-state index in [1.807, 2.05) is 32.3 Å². The van der Waals surface area contributed by atoms with E-state index in [2.05, 4.69) is 0 Å². The summed E-state index contributed by atoms with van der Waals surface area (Å²) in [6.07, 6.45) is 6.35. The molecule has 1 saturated heterocycles. The normalized spacial score (nSPS) is 27.1. The highest BCUT2D eigenvalue weighted by atomic mass is 32.2. The molecule has 0 radical (unpaired) electrons. The Morgan fingerprint density at radius 3 is 2.93 bits per heavy atom. The van der Waals surface area contributed by atoms with Crippen molar-refractivity contribution in [1.29, 1.82) is 0 Å². The SMILES string of the molecule is CS/C(C)=C/C=C1/C(=O)CCOC1C. The number of Topliss-reactive ketones (excluding diaryl/α,β-unsaturated/α-hetero) is 1. The second-order valence-electron chi connectivity index (χ2n) is 3.29. The van der Waals surface area contributed by atoms with Crippen LogP contribution in [-0.2, 0) is 9.53 Å². The first-order valence-corrected chi connectivity index (χ1v) is 5.95. The molecule has 1 unspecified atom stereocenters. The molecule has 3 heteroatoms. The number of rotatable bonds is 2. The fourth-order valence-electron chi connectivity index (χ4n) is 1.29. The maximum absolute atomic E-state index is 11.5. The number of ketones is 1. The molecule has 0 aliphatic carbocycles. The van der Waals surface area contributed by atoms with Crippen LogP contribution in [0.3, 0.4) is 0 Å². The summed E-state index contributed by atoms with van der Waals surface area (Å²) in [5.41, 5.74) is 0.796. The van der Waals surface area contributed by atoms with Crippen molar-refractivity contribution in [3.8, 4) is 0 Å². The lowest BCUT2D eigenvalue weighted by atomic mass is 10.0. The van der Waals surface area contributed by atoms with Crippen molar-refractivity contribution in [3.63, 3.8) is 0 Å². The number of thioether (sulfide) groups is 1. The summed E-state index contributed by atoms with van der Waals surface area (Å²) in [6.45, 7) is 4.51. The third-order valence-corrected chi connectivity index (χ3v) is 3.06. The average Bonchev–Trinajstić information content (AvgIpc) is 2.16. The lowest BCUT2D eigenvalue weighted by Gasteiger charge is -2.20. The highest BCUT2D eigenvalue weighted by Gasteiger charge is 2.21. The van der Waals surface area contributed by atoms with Crippen LogP contribution in [0.15, 0.2) is 22.6 Å². The topological polar surface area (TPSA) is 26.3 Å². The third-order valence-electron chi connectivity index (χ3n) is 2.28. The van der Waals surface area contributed by atoms with Crippen LogP contribution < -0.4 is 0 Å². The molecule has 0 aromatic heterocycles. The summed E-state index contributed by atoms with van der Waals surface area (Å²) in [4.78, 5) is 12.7. The Labute approximate surface area is 89.4 Å². The Balaban J connectivity index is 2.77. The van der Waals surface area contributed by atoms with E-state index in [1.54, 1.807) is 11.8 Å². The number of ether oxygens (including phenoxy) is 1. The number of carbonyl (C=O) groups is 1. The molecule has 1 aliphatic heterocycles. The van der Waals surface area contributed by atoms with Crippen LogP contribution in [0.25, 0.3) is 0 Å². The van der Waals surface area contributed by atoms with Crippen LogP contribution in [-0.4, -0.2) is 24.7 Å². The predicted octanol–water partition coefficient (Wildman–Crippen LogP) is 2.56. The smallest absolute Gasteiger partial charge is 0.163 e. The van der Waals surface area contributed by atoms with Crippen molar-refractivity contribution in [2.45, 2.75) is 26.4 Å². The summed E-state index contributed by atoms with van der Waals surface area (Å²) < 4.78 is 5.40. The van der Waals surface area contributed by atoms with Crippen LogP contribution >= 0.6 is 11.8 Å². The maximum atomic E-state index is 11.5. The first-order chi connectivity index (χ1) is 6.65. The Kier molecular flexibility index (Phi) is 4.42. The Hall–Kier alpha value is -0.540. The molecule has 0 N–H and O–H groups in total. The molecule has 78 valence electrons. The lowest BCUT2D eigenvalue weighted by Crippen LogP contribution is -2.26. The van der Waals surface area contributed by atoms with Gasteiger partial charge in [0.1, 0.15) is 0 Å². The molecule has 1 atom stereocenters. The summed E-state index contributed by atoms with van der Waals surface area (Å²) in [7, 11) is 0. The van der Waals surface area contributed by atoms with Gasteiger partial charge < -0.3 is 4.74 Å². The zero-order chi connectivity index (χ0) is 10.6. The van der Waals surface area contributed by atoms with Crippen LogP contribution in [0.2, 0.25) is 0 Å². The highest BCUT2D eigenvalue weighted by molar-refractivity contribution is 8.02. The van der Waals surface area contributed by atoms with E-state index in [4.69, 9.17) is 4.74 Å². The van der Waals surface area contributed by atoms with Crippen LogP contribution in [0.1, 0.15) is 20.3 Å². The van der Waals surface area contributed by atoms with Crippen molar-refractivity contribution < 1.29 is 9.53 Å². The quantitative estimate of drug-likeness (QED) is 0.658. The molecule has 0 bridgehead atoms. The van der Waals surface area contributed by atoms with Crippen LogP contribution in [0.4, 0.5) is 0 Å². The van der Waals surface area contributed by atoms with Gasteiger partial charge in [0.05, 0.1) is 12.7 Å². The van der Waals surface area contributed by atoms with Crippen molar-refractivity contribution in [1.82, 2.24) is 0 Å². The van der Waals surface area contributed by atoms with Gasteiger partial charge in [-0.15, -0.1) is 11.8 Å². The monoisotopic (exact) mass is 212 g/mol. The standard InChI is InChI=1S/C11H16O2S/c1-8(14-3)4-5-10-9(2)13-7-6-11(10)12/h4-5,9H,6-7H2,1-3H3/b8-4+,10-5+. The van der Waals surface area contributed by atoms with Crippen molar-refractivity contribution in [2.75, 3.05) is 12.9 Å². The number of allylic oxidation sites excluding steroid dienone is 3. The first kappa shape index (κ1) is 11.5. The second kappa shape index (κ2) is 5.37. The van der Waals surface area contributed by atoms with Gasteiger partial charge in [-0.3, -0.25) is 4.79 Å². The minimum atomic E-state index is -0.0536. The summed E-state index contributed by atoms with van der Waals surface area (Å²) in [5, 5.41) is 0. The number of carbonyl (C=O) groups excluding carboxylic acids is 1. The first-order valence-electron chi connectivity index (χ1n) is 4.72. The largest absolute Gasteiger partial charge is 0.373 e. The molecule has 2 nitrogen and oxygen atoms in total. The van der Waals surface area contributed by atoms with E-state index in [0.717, 1.165) is 5.57 Å². The van der Waals surface area contributed by atoms with E-state index < -0.39 is 0 Å². The molecule has 1 aliphatic rings. The minimum Gasteiger partial charge on any atom is -0.373 e. The van der Waals surface area contributed by atoms with Gasteiger partial charge in [0.2, 0.25) is 0 Å². The average molecular weight is 212 g/mol. The fourth-order valence-corrected chi connectivity index (χ4v) is 1.50. The zero-order valence-corrected chi connectivity index (χ0v) is 9.69. The number of hydrogen-bond donors (Lipinski definition) is 0. The minimum absolute atomic E-state index is 0.0536. The third kappa shape index (κ3) is 3.00. The summed E-state index contributed by atoms with van der Waals surface area (Å²) in [6, 6.07) is 0. The van der Waals surface area contributed by atoms with E-state index in [0.29, 0.717) is 13.0 Å². The summed E-state index contributed by atoms with van der Waals surface area (Å²) >= 11 is 1.68. The van der Waals surface area contributed by atoms with E-state index >= 15 is 0 Å². The Morgan fingerprint density at radius 2 is 2.36 bits per heavy atom. The molecule has 0 spiro atoms. The van der Waals surface area contributed by atoms with Gasteiger partial charge in [-0.25, -0.2) is 0 Å². The zero-order valence-electron chi connectivity index (χ0n) is 8.87. The predicted molar refractivity (Wildman–Crippen MR) is 60.4 cm³/mol. The Bertz CT molecular complexity index is 279. The molecule has 0 aromatic carbocycles. The highest BCUT2D eigenvalue weighted by Crippen LogP contribution is 2.18. The van der Waals surface area contributed by atoms with Gasteiger partial charge >= 0.3 is 0 Å². The maximum Gasteiger partial charge on any atom is 0.163 e. The molecular formula is C11H16O2S. The Morgan fingerprint density at radius 1 is 1.64 bits per heavy atom. The molecule has 1 fully saturated rings. The molecule has 0 aromatic rings. The van der Waals surface area contributed by atoms with Crippen LogP contribution in [0.5, 0.6) is 0 Å². The molecule has 0 saturated carbocycles. The molecular weight excluding hydrogens is 196 g/mol. The van der Waals surface area contributed by atoms with Crippen molar-refractivity contribution >= 4 is 17.5 Å². The van der Waals surface area contributed by atoms with Gasteiger partial charge in [-0.05, 0) is 25.0 Å². The van der Waals surface area contributed by atoms with Crippen LogP contribution in [0, 0.1) is 0 Å². The van der Waals surface area contributed by atoms with E-state index in [-0.39, 0.29) is 11.9 Å². The van der Waals surface area contributed by atoms with Gasteiger partial charge in [0.15, 0.2) is 5.78 Å². The molecule has 1 heterocycles. The van der Waals surface area contributed by atoms with E-state index in [1.165, 1.54) is 4.91 Å². The molecule has 1 rings (SSSR count). The van der Waals surface area contributed by atoms with E-state index in [9.17, 15) is 4.79 Å². The van der Waals surface area contributed by atoms with Crippen molar-refractivity contribution in [3.05, 3.63) is 22.6 Å². The molecule has 14 heavy (non-hydrogen) atoms.